The Hall–Kier alpha value is -3.81. The van der Waals surface area contributed by atoms with Crippen LogP contribution in [0.15, 0.2) is 66.7 Å². The van der Waals surface area contributed by atoms with Gasteiger partial charge in [-0.15, -0.1) is 0 Å². The molecule has 0 radical (unpaired) electrons. The number of carbonyl (C=O) groups is 2. The van der Waals surface area contributed by atoms with Crippen LogP contribution in [0.5, 0.6) is 5.75 Å². The van der Waals surface area contributed by atoms with Crippen LogP contribution >= 0.6 is 0 Å². The van der Waals surface area contributed by atoms with Gasteiger partial charge in [0.2, 0.25) is 0 Å². The molecule has 1 N–H and O–H groups in total. The van der Waals surface area contributed by atoms with Gasteiger partial charge in [-0.3, -0.25) is 9.59 Å². The summed E-state index contributed by atoms with van der Waals surface area (Å²) < 4.78 is 44.9. The standard InChI is InChI=1S/C26H23F3N2O3/c1-16-13-19-8-7-17(15-30-24(32)21-5-3-4-6-22(21)26(27,28)29)14-23(19)31(16)25(33)18-9-11-20(34-2)12-10-18/h3-12,14,16H,13,15H2,1-2H3,(H,30,32)/t16-/m0/s1. The van der Waals surface area contributed by atoms with Gasteiger partial charge in [0.1, 0.15) is 5.75 Å². The highest BCUT2D eigenvalue weighted by Crippen LogP contribution is 2.35. The van der Waals surface area contributed by atoms with E-state index >= 15 is 0 Å². The summed E-state index contributed by atoms with van der Waals surface area (Å²) in [6.45, 7) is 1.98. The van der Waals surface area contributed by atoms with E-state index in [1.165, 1.54) is 12.1 Å². The van der Waals surface area contributed by atoms with Gasteiger partial charge >= 0.3 is 6.18 Å². The Morgan fingerprint density at radius 3 is 2.44 bits per heavy atom. The lowest BCUT2D eigenvalue weighted by Crippen LogP contribution is -2.35. The molecule has 0 saturated heterocycles. The summed E-state index contributed by atoms with van der Waals surface area (Å²) in [5.41, 5.74) is 1.51. The first-order chi connectivity index (χ1) is 16.2. The highest BCUT2D eigenvalue weighted by Gasteiger charge is 2.35. The number of hydrogen-bond donors (Lipinski definition) is 1. The Bertz CT molecular complexity index is 1220. The third-order valence-electron chi connectivity index (χ3n) is 5.85. The Morgan fingerprint density at radius 1 is 1.06 bits per heavy atom. The molecule has 3 aromatic carbocycles. The van der Waals surface area contributed by atoms with Crippen LogP contribution in [0.2, 0.25) is 0 Å². The molecule has 0 bridgehead atoms. The maximum absolute atomic E-state index is 13.2. The molecule has 0 aromatic heterocycles. The SMILES string of the molecule is COc1ccc(C(=O)N2c3cc(CNC(=O)c4ccccc4C(F)(F)F)ccc3C[C@@H]2C)cc1. The van der Waals surface area contributed by atoms with Crippen molar-refractivity contribution >= 4 is 17.5 Å². The quantitative estimate of drug-likeness (QED) is 0.558. The number of nitrogens with zero attached hydrogens (tertiary/aromatic N) is 1. The fourth-order valence-electron chi connectivity index (χ4n) is 4.15. The van der Waals surface area contributed by atoms with Crippen LogP contribution in [-0.2, 0) is 19.1 Å². The molecule has 5 nitrogen and oxygen atoms in total. The van der Waals surface area contributed by atoms with Crippen LogP contribution in [0.25, 0.3) is 0 Å². The minimum absolute atomic E-state index is 0.0251. The molecule has 2 amide bonds. The average molecular weight is 468 g/mol. The molecule has 0 unspecified atom stereocenters. The van der Waals surface area contributed by atoms with Crippen molar-refractivity contribution in [2.45, 2.75) is 32.1 Å². The first-order valence-corrected chi connectivity index (χ1v) is 10.7. The normalized spacial score (nSPS) is 15.1. The van der Waals surface area contributed by atoms with E-state index in [9.17, 15) is 22.8 Å². The number of nitrogens with one attached hydrogen (secondary N) is 1. The molecule has 8 heteroatoms. The van der Waals surface area contributed by atoms with E-state index in [0.29, 0.717) is 23.3 Å². The van der Waals surface area contributed by atoms with Gasteiger partial charge in [-0.25, -0.2) is 0 Å². The van der Waals surface area contributed by atoms with Crippen LogP contribution in [-0.4, -0.2) is 25.0 Å². The van der Waals surface area contributed by atoms with E-state index in [1.807, 2.05) is 19.1 Å². The van der Waals surface area contributed by atoms with Crippen molar-refractivity contribution in [1.29, 1.82) is 0 Å². The fourth-order valence-corrected chi connectivity index (χ4v) is 4.15. The number of benzene rings is 3. The van der Waals surface area contributed by atoms with Crippen molar-refractivity contribution in [1.82, 2.24) is 5.32 Å². The molecule has 4 rings (SSSR count). The number of hydrogen-bond acceptors (Lipinski definition) is 3. The summed E-state index contributed by atoms with van der Waals surface area (Å²) in [6.07, 6.45) is -3.94. The predicted octanol–water partition coefficient (Wildman–Crippen LogP) is 5.24. The highest BCUT2D eigenvalue weighted by molar-refractivity contribution is 6.08. The fraction of sp³-hybridized carbons (Fsp3) is 0.231. The number of ether oxygens (including phenoxy) is 1. The second kappa shape index (κ2) is 9.21. The lowest BCUT2D eigenvalue weighted by molar-refractivity contribution is -0.137. The number of amides is 2. The second-order valence-corrected chi connectivity index (χ2v) is 8.15. The molecular formula is C26H23F3N2O3. The third kappa shape index (κ3) is 4.62. The van der Waals surface area contributed by atoms with Crippen molar-refractivity contribution in [2.75, 3.05) is 12.0 Å². The van der Waals surface area contributed by atoms with E-state index in [2.05, 4.69) is 5.32 Å². The molecule has 0 aliphatic carbocycles. The molecule has 34 heavy (non-hydrogen) atoms. The van der Waals surface area contributed by atoms with E-state index in [-0.39, 0.29) is 18.5 Å². The largest absolute Gasteiger partial charge is 0.497 e. The number of anilines is 1. The van der Waals surface area contributed by atoms with Crippen molar-refractivity contribution in [3.05, 3.63) is 94.5 Å². The summed E-state index contributed by atoms with van der Waals surface area (Å²) in [6, 6.07) is 17.0. The van der Waals surface area contributed by atoms with Crippen LogP contribution in [0.1, 0.15) is 44.3 Å². The van der Waals surface area contributed by atoms with E-state index in [4.69, 9.17) is 4.74 Å². The first kappa shape index (κ1) is 23.4. The Balaban J connectivity index is 1.53. The van der Waals surface area contributed by atoms with E-state index in [0.717, 1.165) is 23.4 Å². The van der Waals surface area contributed by atoms with Gasteiger partial charge < -0.3 is 15.0 Å². The first-order valence-electron chi connectivity index (χ1n) is 10.7. The second-order valence-electron chi connectivity index (χ2n) is 8.15. The Kier molecular flexibility index (Phi) is 6.32. The molecule has 3 aromatic rings. The third-order valence-corrected chi connectivity index (χ3v) is 5.85. The minimum atomic E-state index is -4.63. The van der Waals surface area contributed by atoms with Crippen LogP contribution in [0.3, 0.4) is 0 Å². The molecule has 1 aliphatic heterocycles. The average Bonchev–Trinajstić information content (AvgIpc) is 3.16. The maximum atomic E-state index is 13.2. The monoisotopic (exact) mass is 468 g/mol. The lowest BCUT2D eigenvalue weighted by atomic mass is 10.1. The number of carbonyl (C=O) groups excluding carboxylic acids is 2. The van der Waals surface area contributed by atoms with Gasteiger partial charge in [0.25, 0.3) is 11.8 Å². The van der Waals surface area contributed by atoms with Gasteiger partial charge in [0.15, 0.2) is 0 Å². The summed E-state index contributed by atoms with van der Waals surface area (Å²) in [4.78, 5) is 27.4. The van der Waals surface area contributed by atoms with Crippen molar-refractivity contribution in [3.63, 3.8) is 0 Å². The highest BCUT2D eigenvalue weighted by atomic mass is 19.4. The van der Waals surface area contributed by atoms with Crippen LogP contribution < -0.4 is 15.0 Å². The van der Waals surface area contributed by atoms with Gasteiger partial charge in [-0.05, 0) is 66.9 Å². The van der Waals surface area contributed by atoms with Gasteiger partial charge in [0.05, 0.1) is 18.2 Å². The summed E-state index contributed by atoms with van der Waals surface area (Å²) in [7, 11) is 1.55. The number of halogens is 3. The predicted molar refractivity (Wildman–Crippen MR) is 122 cm³/mol. The van der Waals surface area contributed by atoms with Crippen LogP contribution in [0, 0.1) is 0 Å². The van der Waals surface area contributed by atoms with Gasteiger partial charge in [-0.1, -0.05) is 24.3 Å². The van der Waals surface area contributed by atoms with Crippen molar-refractivity contribution in [3.8, 4) is 5.75 Å². The lowest BCUT2D eigenvalue weighted by Gasteiger charge is -2.23. The summed E-state index contributed by atoms with van der Waals surface area (Å²) in [5.74, 6) is -0.321. The molecule has 0 fully saturated rings. The Morgan fingerprint density at radius 2 is 1.76 bits per heavy atom. The van der Waals surface area contributed by atoms with Crippen molar-refractivity contribution in [2.24, 2.45) is 0 Å². The molecule has 1 heterocycles. The zero-order valence-electron chi connectivity index (χ0n) is 18.6. The number of rotatable bonds is 5. The maximum Gasteiger partial charge on any atom is 0.417 e. The number of alkyl halides is 3. The molecule has 0 spiro atoms. The van der Waals surface area contributed by atoms with Gasteiger partial charge in [-0.2, -0.15) is 13.2 Å². The van der Waals surface area contributed by atoms with E-state index < -0.39 is 23.2 Å². The zero-order valence-corrected chi connectivity index (χ0v) is 18.6. The van der Waals surface area contributed by atoms with Crippen molar-refractivity contribution < 1.29 is 27.5 Å². The molecule has 0 saturated carbocycles. The smallest absolute Gasteiger partial charge is 0.417 e. The molecular weight excluding hydrogens is 445 g/mol. The number of fused-ring (bicyclic) bond motifs is 1. The number of methoxy groups -OCH3 is 1. The van der Waals surface area contributed by atoms with Gasteiger partial charge in [0, 0.05) is 23.8 Å². The Labute approximate surface area is 195 Å². The topological polar surface area (TPSA) is 58.6 Å². The molecule has 1 atom stereocenters. The summed E-state index contributed by atoms with van der Waals surface area (Å²) in [5, 5.41) is 2.56. The van der Waals surface area contributed by atoms with Crippen LogP contribution in [0.4, 0.5) is 18.9 Å². The summed E-state index contributed by atoms with van der Waals surface area (Å²) >= 11 is 0. The van der Waals surface area contributed by atoms with E-state index in [1.54, 1.807) is 42.3 Å². The molecule has 176 valence electrons. The zero-order chi connectivity index (χ0) is 24.5. The molecule has 1 aliphatic rings. The minimum Gasteiger partial charge on any atom is -0.497 e.